The fourth-order valence-electron chi connectivity index (χ4n) is 2.89. The van der Waals surface area contributed by atoms with Crippen molar-refractivity contribution in [1.29, 1.82) is 0 Å². The quantitative estimate of drug-likeness (QED) is 0.410. The highest BCUT2D eigenvalue weighted by Crippen LogP contribution is 2.45. The van der Waals surface area contributed by atoms with E-state index < -0.39 is 58.2 Å². The second-order valence-corrected chi connectivity index (χ2v) is 6.93. The van der Waals surface area contributed by atoms with Gasteiger partial charge in [-0.05, 0) is 24.3 Å². The van der Waals surface area contributed by atoms with Crippen LogP contribution in [0.25, 0.3) is 0 Å². The van der Waals surface area contributed by atoms with Crippen molar-refractivity contribution in [2.24, 2.45) is 0 Å². The number of hydrogen-bond acceptors (Lipinski definition) is 4. The number of carbonyl (C=O) groups is 2. The molecule has 12 heteroatoms. The topological polar surface area (TPSA) is 76.7 Å². The maximum absolute atomic E-state index is 14.4. The van der Waals surface area contributed by atoms with Gasteiger partial charge in [0, 0.05) is 17.3 Å². The number of imide groups is 1. The fourth-order valence-corrected chi connectivity index (χ4v) is 2.89. The van der Waals surface area contributed by atoms with Gasteiger partial charge >= 0.3 is 18.1 Å². The maximum Gasteiger partial charge on any atom is 0.469 e. The third-order valence-corrected chi connectivity index (χ3v) is 4.58. The number of urea groups is 1. The number of carbonyl (C=O) groups excluding carboxylic acids is 2. The lowest BCUT2D eigenvalue weighted by atomic mass is 10.1. The second kappa shape index (κ2) is 9.95. The van der Waals surface area contributed by atoms with Crippen molar-refractivity contribution in [3.05, 3.63) is 89.5 Å². The predicted molar refractivity (Wildman–Crippen MR) is 112 cm³/mol. The van der Waals surface area contributed by atoms with E-state index in [1.54, 1.807) is 5.32 Å². The Morgan fingerprint density at radius 2 is 1.46 bits per heavy atom. The summed E-state index contributed by atoms with van der Waals surface area (Å²) >= 11 is 0. The molecule has 184 valence electrons. The molecule has 3 aromatic carbocycles. The number of benzene rings is 3. The lowest BCUT2D eigenvalue weighted by Gasteiger charge is -2.27. The molecule has 0 fully saturated rings. The van der Waals surface area contributed by atoms with Crippen molar-refractivity contribution in [3.8, 4) is 11.5 Å². The van der Waals surface area contributed by atoms with Gasteiger partial charge in [-0.1, -0.05) is 36.4 Å². The van der Waals surface area contributed by atoms with E-state index >= 15 is 0 Å². The van der Waals surface area contributed by atoms with Crippen molar-refractivity contribution < 1.29 is 45.4 Å². The first-order chi connectivity index (χ1) is 16.5. The molecule has 0 aliphatic carbocycles. The maximum atomic E-state index is 14.4. The molecule has 0 atom stereocenters. The van der Waals surface area contributed by atoms with Gasteiger partial charge in [-0.15, -0.1) is 0 Å². The monoisotopic (exact) mass is 498 g/mol. The summed E-state index contributed by atoms with van der Waals surface area (Å²) in [5, 5.41) is 3.81. The minimum absolute atomic E-state index is 0.147. The molecule has 3 rings (SSSR count). The lowest BCUT2D eigenvalue weighted by molar-refractivity contribution is -0.316. The number of hydrogen-bond donors (Lipinski definition) is 2. The Balaban J connectivity index is 1.74. The molecular formula is C23H16F6N2O4. The SMILES string of the molecule is COc1cc(NC(=O)NC(=O)c2c(F)cccc2F)ccc1OC(F)(F)C(F)(F)c1ccccc1. The van der Waals surface area contributed by atoms with Gasteiger partial charge in [-0.3, -0.25) is 10.1 Å². The first-order valence-electron chi connectivity index (χ1n) is 9.71. The molecule has 0 bridgehead atoms. The molecule has 0 unspecified atom stereocenters. The highest BCUT2D eigenvalue weighted by molar-refractivity contribution is 6.08. The van der Waals surface area contributed by atoms with Gasteiger partial charge in [0.05, 0.1) is 7.11 Å². The Labute approximate surface area is 194 Å². The summed E-state index contributed by atoms with van der Waals surface area (Å²) in [6.45, 7) is 0. The standard InChI is InChI=1S/C23H16F6N2O4/c1-34-18-12-14(30-21(33)31-20(32)19-15(24)8-5-9-16(19)25)10-11-17(18)35-23(28,29)22(26,27)13-6-3-2-4-7-13/h2-12H,1H3,(H2,30,31,32,33). The predicted octanol–water partition coefficient (Wildman–Crippen LogP) is 5.70. The highest BCUT2D eigenvalue weighted by Gasteiger charge is 2.60. The Bertz CT molecular complexity index is 1220. The van der Waals surface area contributed by atoms with Gasteiger partial charge in [0.15, 0.2) is 11.5 Å². The number of nitrogens with one attached hydrogen (secondary N) is 2. The Morgan fingerprint density at radius 3 is 2.06 bits per heavy atom. The largest absolute Gasteiger partial charge is 0.493 e. The Hall–Kier alpha value is -4.22. The van der Waals surface area contributed by atoms with Gasteiger partial charge in [-0.25, -0.2) is 13.6 Å². The van der Waals surface area contributed by atoms with Crippen LogP contribution in [0.5, 0.6) is 11.5 Å². The number of amides is 3. The van der Waals surface area contributed by atoms with Crippen LogP contribution in [0, 0.1) is 11.6 Å². The second-order valence-electron chi connectivity index (χ2n) is 6.93. The zero-order valence-electron chi connectivity index (χ0n) is 17.8. The van der Waals surface area contributed by atoms with E-state index in [0.717, 1.165) is 67.8 Å². The van der Waals surface area contributed by atoms with Crippen LogP contribution in [-0.2, 0) is 5.92 Å². The van der Waals surface area contributed by atoms with E-state index in [1.165, 1.54) is 6.07 Å². The lowest BCUT2D eigenvalue weighted by Crippen LogP contribution is -2.43. The zero-order chi connectivity index (χ0) is 25.8. The van der Waals surface area contributed by atoms with Gasteiger partial charge < -0.3 is 14.8 Å². The molecule has 3 amide bonds. The average Bonchev–Trinajstić information content (AvgIpc) is 2.80. The van der Waals surface area contributed by atoms with E-state index in [4.69, 9.17) is 4.74 Å². The normalized spacial score (nSPS) is 11.5. The molecule has 0 aromatic heterocycles. The Morgan fingerprint density at radius 1 is 0.829 bits per heavy atom. The minimum atomic E-state index is -4.98. The van der Waals surface area contributed by atoms with Crippen LogP contribution in [-0.4, -0.2) is 25.2 Å². The highest BCUT2D eigenvalue weighted by atomic mass is 19.3. The minimum Gasteiger partial charge on any atom is -0.493 e. The van der Waals surface area contributed by atoms with Crippen molar-refractivity contribution in [3.63, 3.8) is 0 Å². The molecule has 6 nitrogen and oxygen atoms in total. The summed E-state index contributed by atoms with van der Waals surface area (Å²) in [6.07, 6.45) is -4.98. The number of alkyl halides is 4. The Kier molecular flexibility index (Phi) is 7.22. The number of rotatable bonds is 7. The molecule has 3 aromatic rings. The van der Waals surface area contributed by atoms with Crippen molar-refractivity contribution in [2.45, 2.75) is 12.0 Å². The average molecular weight is 498 g/mol. The third-order valence-electron chi connectivity index (χ3n) is 4.58. The van der Waals surface area contributed by atoms with Crippen molar-refractivity contribution >= 4 is 17.6 Å². The van der Waals surface area contributed by atoms with Gasteiger partial charge in [0.1, 0.15) is 17.2 Å². The molecule has 0 radical (unpaired) electrons. The summed E-state index contributed by atoms with van der Waals surface area (Å²) in [6, 6.07) is 9.52. The van der Waals surface area contributed by atoms with Crippen LogP contribution < -0.4 is 20.1 Å². The molecule has 35 heavy (non-hydrogen) atoms. The summed E-state index contributed by atoms with van der Waals surface area (Å²) < 4.78 is 93.9. The molecular weight excluding hydrogens is 482 g/mol. The van der Waals surface area contributed by atoms with E-state index in [0.29, 0.717) is 0 Å². The number of anilines is 1. The van der Waals surface area contributed by atoms with E-state index in [1.807, 2.05) is 0 Å². The number of methoxy groups -OCH3 is 1. The first kappa shape index (κ1) is 25.4. The first-order valence-corrected chi connectivity index (χ1v) is 9.71. The fraction of sp³-hybridized carbons (Fsp3) is 0.130. The van der Waals surface area contributed by atoms with Gasteiger partial charge in [-0.2, -0.15) is 17.6 Å². The third kappa shape index (κ3) is 5.48. The van der Waals surface area contributed by atoms with E-state index in [2.05, 4.69) is 10.1 Å². The molecule has 0 saturated heterocycles. The summed E-state index contributed by atoms with van der Waals surface area (Å²) in [4.78, 5) is 24.0. The molecule has 0 aliphatic rings. The van der Waals surface area contributed by atoms with E-state index in [9.17, 15) is 35.9 Å². The van der Waals surface area contributed by atoms with Gasteiger partial charge in [0.25, 0.3) is 5.91 Å². The summed E-state index contributed by atoms with van der Waals surface area (Å²) in [5.74, 6) is -9.72. The molecule has 0 heterocycles. The van der Waals surface area contributed by atoms with E-state index in [-0.39, 0.29) is 5.69 Å². The van der Waals surface area contributed by atoms with Crippen LogP contribution >= 0.6 is 0 Å². The number of halogens is 6. The zero-order valence-corrected chi connectivity index (χ0v) is 17.8. The van der Waals surface area contributed by atoms with Crippen LogP contribution in [0.1, 0.15) is 15.9 Å². The van der Waals surface area contributed by atoms with Gasteiger partial charge in [0.2, 0.25) is 0 Å². The molecule has 0 aliphatic heterocycles. The van der Waals surface area contributed by atoms with Crippen LogP contribution in [0.3, 0.4) is 0 Å². The number of ether oxygens (including phenoxy) is 2. The molecule has 0 saturated carbocycles. The van der Waals surface area contributed by atoms with Crippen LogP contribution in [0.15, 0.2) is 66.7 Å². The van der Waals surface area contributed by atoms with Crippen LogP contribution in [0.2, 0.25) is 0 Å². The summed E-state index contributed by atoms with van der Waals surface area (Å²) in [7, 11) is 1.03. The van der Waals surface area contributed by atoms with Crippen molar-refractivity contribution in [1.82, 2.24) is 5.32 Å². The van der Waals surface area contributed by atoms with Crippen LogP contribution in [0.4, 0.5) is 36.8 Å². The molecule has 0 spiro atoms. The molecule has 2 N–H and O–H groups in total. The summed E-state index contributed by atoms with van der Waals surface area (Å²) in [5.41, 5.74) is -2.12. The smallest absolute Gasteiger partial charge is 0.469 e. The van der Waals surface area contributed by atoms with Crippen molar-refractivity contribution in [2.75, 3.05) is 12.4 Å².